The molecule has 0 aliphatic carbocycles. The summed E-state index contributed by atoms with van der Waals surface area (Å²) in [6.07, 6.45) is 3.22. The van der Waals surface area contributed by atoms with Gasteiger partial charge in [0, 0.05) is 10.7 Å². The number of carbonyl (C=O) groups excluding carboxylic acids is 1. The highest BCUT2D eigenvalue weighted by Crippen LogP contribution is 2.17. The lowest BCUT2D eigenvalue weighted by atomic mass is 10.3. The number of pyridine rings is 1. The zero-order chi connectivity index (χ0) is 15.5. The van der Waals surface area contributed by atoms with Gasteiger partial charge in [0.05, 0.1) is 23.3 Å². The molecule has 2 heterocycles. The van der Waals surface area contributed by atoms with Crippen molar-refractivity contribution in [3.05, 3.63) is 64.7 Å². The van der Waals surface area contributed by atoms with Gasteiger partial charge in [-0.15, -0.1) is 5.10 Å². The van der Waals surface area contributed by atoms with Crippen molar-refractivity contribution in [3.63, 3.8) is 0 Å². The van der Waals surface area contributed by atoms with Crippen LogP contribution < -0.4 is 5.32 Å². The summed E-state index contributed by atoms with van der Waals surface area (Å²) >= 11 is 3.42. The minimum Gasteiger partial charge on any atom is -0.319 e. The zero-order valence-corrected chi connectivity index (χ0v) is 13.3. The second kappa shape index (κ2) is 6.07. The van der Waals surface area contributed by atoms with E-state index in [9.17, 15) is 4.79 Å². The minimum absolute atomic E-state index is 0.281. The minimum atomic E-state index is -0.313. The third kappa shape index (κ3) is 2.89. The molecular weight excluding hydrogens is 346 g/mol. The molecule has 22 heavy (non-hydrogen) atoms. The molecule has 3 rings (SSSR count). The first kappa shape index (κ1) is 14.4. The van der Waals surface area contributed by atoms with Crippen LogP contribution in [0.1, 0.15) is 16.2 Å². The van der Waals surface area contributed by atoms with Crippen LogP contribution in [0.15, 0.2) is 53.3 Å². The summed E-state index contributed by atoms with van der Waals surface area (Å²) in [5.74, 6) is -0.313. The molecule has 0 saturated carbocycles. The van der Waals surface area contributed by atoms with Crippen molar-refractivity contribution in [2.75, 3.05) is 5.32 Å². The fraction of sp³-hybridized carbons (Fsp3) is 0.0667. The van der Waals surface area contributed by atoms with E-state index < -0.39 is 0 Å². The summed E-state index contributed by atoms with van der Waals surface area (Å²) in [5, 5.41) is 10.8. The molecule has 0 aliphatic heterocycles. The molecule has 1 amide bonds. The van der Waals surface area contributed by atoms with Crippen LogP contribution in [0.5, 0.6) is 0 Å². The third-order valence-corrected chi connectivity index (χ3v) is 3.58. The maximum atomic E-state index is 12.3. The molecule has 0 atom stereocenters. The molecule has 0 bridgehead atoms. The number of hydrogen-bond donors (Lipinski definition) is 1. The molecule has 1 N–H and O–H groups in total. The van der Waals surface area contributed by atoms with E-state index in [4.69, 9.17) is 0 Å². The van der Waals surface area contributed by atoms with Crippen LogP contribution in [0.25, 0.3) is 5.69 Å². The highest BCUT2D eigenvalue weighted by Gasteiger charge is 2.17. The monoisotopic (exact) mass is 357 g/mol. The Morgan fingerprint density at radius 2 is 2.14 bits per heavy atom. The molecule has 0 aliphatic rings. The number of nitrogens with one attached hydrogen (secondary N) is 1. The molecule has 110 valence electrons. The number of carbonyl (C=O) groups is 1. The van der Waals surface area contributed by atoms with Gasteiger partial charge in [0.15, 0.2) is 5.69 Å². The number of benzene rings is 1. The van der Waals surface area contributed by atoms with Gasteiger partial charge in [-0.05, 0) is 37.3 Å². The van der Waals surface area contributed by atoms with Crippen molar-refractivity contribution in [2.45, 2.75) is 6.92 Å². The molecule has 0 spiro atoms. The highest BCUT2D eigenvalue weighted by atomic mass is 79.9. The number of amides is 1. The average Bonchev–Trinajstić information content (AvgIpc) is 2.90. The van der Waals surface area contributed by atoms with Crippen LogP contribution in [0, 0.1) is 6.92 Å². The summed E-state index contributed by atoms with van der Waals surface area (Å²) in [5.41, 5.74) is 2.40. The number of hydrogen-bond acceptors (Lipinski definition) is 4. The fourth-order valence-electron chi connectivity index (χ4n) is 2.02. The van der Waals surface area contributed by atoms with Crippen LogP contribution in [0.4, 0.5) is 5.69 Å². The van der Waals surface area contributed by atoms with Crippen LogP contribution >= 0.6 is 15.9 Å². The molecule has 7 heteroatoms. The maximum absolute atomic E-state index is 12.3. The summed E-state index contributed by atoms with van der Waals surface area (Å²) in [7, 11) is 0. The number of nitrogens with zero attached hydrogens (tertiary/aromatic N) is 4. The summed E-state index contributed by atoms with van der Waals surface area (Å²) < 4.78 is 2.56. The number of rotatable bonds is 3. The van der Waals surface area contributed by atoms with Gasteiger partial charge in [-0.3, -0.25) is 9.78 Å². The van der Waals surface area contributed by atoms with Crippen molar-refractivity contribution < 1.29 is 4.79 Å². The second-order valence-electron chi connectivity index (χ2n) is 4.61. The molecule has 1 aromatic carbocycles. The predicted molar refractivity (Wildman–Crippen MR) is 86.0 cm³/mol. The summed E-state index contributed by atoms with van der Waals surface area (Å²) in [6.45, 7) is 1.80. The van der Waals surface area contributed by atoms with Gasteiger partial charge in [-0.2, -0.15) is 0 Å². The van der Waals surface area contributed by atoms with Crippen molar-refractivity contribution >= 4 is 27.5 Å². The van der Waals surface area contributed by atoms with E-state index in [0.717, 1.165) is 10.2 Å². The lowest BCUT2D eigenvalue weighted by Crippen LogP contribution is -2.14. The Bertz CT molecular complexity index is 816. The molecule has 0 saturated heterocycles. The van der Waals surface area contributed by atoms with E-state index in [1.54, 1.807) is 36.1 Å². The Hall–Kier alpha value is -2.54. The Morgan fingerprint density at radius 3 is 2.86 bits per heavy atom. The topological polar surface area (TPSA) is 72.7 Å². The Balaban J connectivity index is 1.89. The molecule has 0 fully saturated rings. The van der Waals surface area contributed by atoms with Gasteiger partial charge in [0.25, 0.3) is 5.91 Å². The maximum Gasteiger partial charge on any atom is 0.278 e. The van der Waals surface area contributed by atoms with Gasteiger partial charge >= 0.3 is 0 Å². The smallest absolute Gasteiger partial charge is 0.278 e. The Morgan fingerprint density at radius 1 is 1.27 bits per heavy atom. The normalized spacial score (nSPS) is 10.5. The van der Waals surface area contributed by atoms with Gasteiger partial charge in [0.1, 0.15) is 0 Å². The zero-order valence-electron chi connectivity index (χ0n) is 11.7. The van der Waals surface area contributed by atoms with E-state index >= 15 is 0 Å². The largest absolute Gasteiger partial charge is 0.319 e. The molecule has 6 nitrogen and oxygen atoms in total. The third-order valence-electron chi connectivity index (χ3n) is 3.08. The van der Waals surface area contributed by atoms with Crippen molar-refractivity contribution in [3.8, 4) is 5.69 Å². The van der Waals surface area contributed by atoms with Crippen molar-refractivity contribution in [1.82, 2.24) is 20.0 Å². The Labute approximate surface area is 135 Å². The van der Waals surface area contributed by atoms with Gasteiger partial charge in [0.2, 0.25) is 0 Å². The molecule has 0 unspecified atom stereocenters. The molecule has 3 aromatic rings. The van der Waals surface area contributed by atoms with Crippen molar-refractivity contribution in [1.29, 1.82) is 0 Å². The molecular formula is C15H12BrN5O. The van der Waals surface area contributed by atoms with E-state index in [-0.39, 0.29) is 11.6 Å². The number of halogens is 1. The molecule has 2 aromatic heterocycles. The number of anilines is 1. The van der Waals surface area contributed by atoms with E-state index in [1.807, 2.05) is 24.3 Å². The van der Waals surface area contributed by atoms with Gasteiger partial charge in [-0.1, -0.05) is 27.2 Å². The summed E-state index contributed by atoms with van der Waals surface area (Å²) in [4.78, 5) is 16.2. The number of aromatic nitrogens is 4. The first-order valence-corrected chi connectivity index (χ1v) is 7.34. The van der Waals surface area contributed by atoms with Crippen molar-refractivity contribution in [2.24, 2.45) is 0 Å². The first-order valence-electron chi connectivity index (χ1n) is 6.55. The van der Waals surface area contributed by atoms with Crippen LogP contribution in [0.2, 0.25) is 0 Å². The van der Waals surface area contributed by atoms with E-state index in [0.29, 0.717) is 11.4 Å². The van der Waals surface area contributed by atoms with E-state index in [1.165, 1.54) is 0 Å². The standard InChI is InChI=1S/C15H12BrN5O/c1-10-14(15(22)18-12-5-3-7-17-9-12)19-20-21(10)13-6-2-4-11(16)8-13/h2-9H,1H3,(H,18,22). The van der Waals surface area contributed by atoms with Crippen LogP contribution in [-0.2, 0) is 0 Å². The van der Waals surface area contributed by atoms with Gasteiger partial charge in [-0.25, -0.2) is 4.68 Å². The SMILES string of the molecule is Cc1c(C(=O)Nc2cccnc2)nnn1-c1cccc(Br)c1. The second-order valence-corrected chi connectivity index (χ2v) is 5.53. The predicted octanol–water partition coefficient (Wildman–Crippen LogP) is 2.99. The fourth-order valence-corrected chi connectivity index (χ4v) is 2.41. The lowest BCUT2D eigenvalue weighted by molar-refractivity contribution is 0.102. The average molecular weight is 358 g/mol. The lowest BCUT2D eigenvalue weighted by Gasteiger charge is -2.05. The highest BCUT2D eigenvalue weighted by molar-refractivity contribution is 9.10. The Kier molecular flexibility index (Phi) is 3.97. The van der Waals surface area contributed by atoms with E-state index in [2.05, 4.69) is 36.5 Å². The first-order chi connectivity index (χ1) is 10.6. The van der Waals surface area contributed by atoms with Crippen LogP contribution in [-0.4, -0.2) is 25.9 Å². The quantitative estimate of drug-likeness (QED) is 0.781. The van der Waals surface area contributed by atoms with Gasteiger partial charge < -0.3 is 5.32 Å². The summed E-state index contributed by atoms with van der Waals surface area (Å²) in [6, 6.07) is 11.1. The van der Waals surface area contributed by atoms with Crippen LogP contribution in [0.3, 0.4) is 0 Å². The molecule has 0 radical (unpaired) electrons.